The number of rotatable bonds is 5. The van der Waals surface area contributed by atoms with Gasteiger partial charge >= 0.3 is 0 Å². The third-order valence-electron chi connectivity index (χ3n) is 3.57. The maximum Gasteiger partial charge on any atom is 0.241 e. The van der Waals surface area contributed by atoms with Crippen LogP contribution in [0.3, 0.4) is 0 Å². The molecule has 0 bridgehead atoms. The van der Waals surface area contributed by atoms with Crippen LogP contribution in [0.4, 0.5) is 0 Å². The lowest BCUT2D eigenvalue weighted by Crippen LogP contribution is -2.42. The summed E-state index contributed by atoms with van der Waals surface area (Å²) >= 11 is 0. The lowest BCUT2D eigenvalue weighted by molar-refractivity contribution is -0.125. The number of carbonyl (C=O) groups excluding carboxylic acids is 1. The number of benzene rings is 1. The first-order valence-corrected chi connectivity index (χ1v) is 6.91. The Labute approximate surface area is 115 Å². The molecular formula is C15H23N3O. The molecule has 1 aromatic carbocycles. The highest BCUT2D eigenvalue weighted by Crippen LogP contribution is 2.18. The summed E-state index contributed by atoms with van der Waals surface area (Å²) in [6.07, 6.45) is 2.36. The van der Waals surface area contributed by atoms with Crippen molar-refractivity contribution in [3.8, 4) is 0 Å². The molecule has 1 saturated heterocycles. The van der Waals surface area contributed by atoms with Crippen LogP contribution in [0, 0.1) is 0 Å². The number of carbonyl (C=O) groups is 1. The first-order chi connectivity index (χ1) is 9.18. The summed E-state index contributed by atoms with van der Waals surface area (Å²) in [5.41, 5.74) is 1.03. The highest BCUT2D eigenvalue weighted by molar-refractivity contribution is 5.83. The summed E-state index contributed by atoms with van der Waals surface area (Å²) < 4.78 is 0. The molecule has 1 aliphatic heterocycles. The smallest absolute Gasteiger partial charge is 0.241 e. The summed E-state index contributed by atoms with van der Waals surface area (Å²) in [4.78, 5) is 14.3. The number of nitrogens with zero attached hydrogens (tertiary/aromatic N) is 1. The molecule has 1 amide bonds. The van der Waals surface area contributed by atoms with Crippen LogP contribution in [0.15, 0.2) is 30.3 Å². The van der Waals surface area contributed by atoms with Crippen molar-refractivity contribution in [1.29, 1.82) is 0 Å². The van der Waals surface area contributed by atoms with E-state index in [0.29, 0.717) is 6.04 Å². The maximum absolute atomic E-state index is 12.4. The van der Waals surface area contributed by atoms with Crippen molar-refractivity contribution in [3.05, 3.63) is 35.9 Å². The van der Waals surface area contributed by atoms with Crippen LogP contribution in [-0.2, 0) is 4.79 Å². The molecule has 1 heterocycles. The van der Waals surface area contributed by atoms with E-state index in [1.54, 1.807) is 0 Å². The monoisotopic (exact) mass is 261 g/mol. The maximum atomic E-state index is 12.4. The van der Waals surface area contributed by atoms with Gasteiger partial charge in [-0.15, -0.1) is 0 Å². The van der Waals surface area contributed by atoms with Crippen LogP contribution in [0.1, 0.15) is 24.4 Å². The van der Waals surface area contributed by atoms with Gasteiger partial charge in [0.1, 0.15) is 6.04 Å². The molecule has 1 aliphatic rings. The molecule has 2 unspecified atom stereocenters. The summed E-state index contributed by atoms with van der Waals surface area (Å²) in [6.45, 7) is 1.78. The molecule has 2 N–H and O–H groups in total. The van der Waals surface area contributed by atoms with Crippen molar-refractivity contribution in [2.75, 3.05) is 27.2 Å². The van der Waals surface area contributed by atoms with Gasteiger partial charge in [-0.2, -0.15) is 0 Å². The highest BCUT2D eigenvalue weighted by Gasteiger charge is 2.23. The van der Waals surface area contributed by atoms with Crippen molar-refractivity contribution in [2.24, 2.45) is 0 Å². The van der Waals surface area contributed by atoms with E-state index < -0.39 is 0 Å². The quantitative estimate of drug-likeness (QED) is 0.836. The van der Waals surface area contributed by atoms with Gasteiger partial charge in [0.15, 0.2) is 0 Å². The molecule has 104 valence electrons. The minimum Gasteiger partial charge on any atom is -0.353 e. The molecule has 0 saturated carbocycles. The number of likely N-dealkylation sites (N-methyl/N-ethyl adjacent to an activating group) is 1. The van der Waals surface area contributed by atoms with E-state index in [4.69, 9.17) is 0 Å². The lowest BCUT2D eigenvalue weighted by Gasteiger charge is -2.24. The van der Waals surface area contributed by atoms with Crippen LogP contribution in [0.25, 0.3) is 0 Å². The molecule has 0 radical (unpaired) electrons. The predicted octanol–water partition coefficient (Wildman–Crippen LogP) is 1.16. The highest BCUT2D eigenvalue weighted by atomic mass is 16.2. The average molecular weight is 261 g/mol. The molecule has 19 heavy (non-hydrogen) atoms. The van der Waals surface area contributed by atoms with E-state index in [1.165, 1.54) is 6.42 Å². The first kappa shape index (κ1) is 14.0. The van der Waals surface area contributed by atoms with Gasteiger partial charge in [-0.3, -0.25) is 9.69 Å². The van der Waals surface area contributed by atoms with Crippen LogP contribution in [-0.4, -0.2) is 44.0 Å². The topological polar surface area (TPSA) is 44.4 Å². The summed E-state index contributed by atoms with van der Waals surface area (Å²) in [5, 5.41) is 6.45. The fourth-order valence-electron chi connectivity index (χ4n) is 2.57. The predicted molar refractivity (Wildman–Crippen MR) is 76.9 cm³/mol. The molecule has 1 fully saturated rings. The van der Waals surface area contributed by atoms with Gasteiger partial charge in [-0.25, -0.2) is 0 Å². The van der Waals surface area contributed by atoms with Crippen LogP contribution < -0.4 is 10.6 Å². The molecule has 0 aromatic heterocycles. The Morgan fingerprint density at radius 3 is 2.74 bits per heavy atom. The molecule has 4 heteroatoms. The van der Waals surface area contributed by atoms with Gasteiger partial charge in [0.25, 0.3) is 0 Å². The fraction of sp³-hybridized carbons (Fsp3) is 0.533. The van der Waals surface area contributed by atoms with E-state index in [9.17, 15) is 4.79 Å². The SMILES string of the molecule is CN(C)C(C(=O)NCC1CCCN1)c1ccccc1. The van der Waals surface area contributed by atoms with E-state index in [0.717, 1.165) is 25.1 Å². The van der Waals surface area contributed by atoms with Gasteiger partial charge in [0.2, 0.25) is 5.91 Å². The van der Waals surface area contributed by atoms with Gasteiger partial charge in [-0.1, -0.05) is 30.3 Å². The zero-order valence-corrected chi connectivity index (χ0v) is 11.7. The molecule has 0 spiro atoms. The second-order valence-electron chi connectivity index (χ2n) is 5.32. The Kier molecular flexibility index (Phi) is 4.93. The van der Waals surface area contributed by atoms with E-state index in [1.807, 2.05) is 49.3 Å². The molecule has 1 aromatic rings. The summed E-state index contributed by atoms with van der Waals surface area (Å²) in [7, 11) is 3.87. The summed E-state index contributed by atoms with van der Waals surface area (Å²) in [5.74, 6) is 0.0740. The van der Waals surface area contributed by atoms with Crippen LogP contribution in [0.5, 0.6) is 0 Å². The van der Waals surface area contributed by atoms with E-state index in [2.05, 4.69) is 10.6 Å². The minimum absolute atomic E-state index is 0.0740. The Bertz CT molecular complexity index is 399. The van der Waals surface area contributed by atoms with E-state index >= 15 is 0 Å². The van der Waals surface area contributed by atoms with Gasteiger partial charge < -0.3 is 10.6 Å². The van der Waals surface area contributed by atoms with Crippen molar-refractivity contribution < 1.29 is 4.79 Å². The normalized spacial score (nSPS) is 20.5. The number of nitrogens with one attached hydrogen (secondary N) is 2. The number of hydrogen-bond donors (Lipinski definition) is 2. The lowest BCUT2D eigenvalue weighted by atomic mass is 10.1. The standard InChI is InChI=1S/C15H23N3O/c1-18(2)14(12-7-4-3-5-8-12)15(19)17-11-13-9-6-10-16-13/h3-5,7-8,13-14,16H,6,9-11H2,1-2H3,(H,17,19). The van der Waals surface area contributed by atoms with Crippen molar-refractivity contribution in [1.82, 2.24) is 15.5 Å². The van der Waals surface area contributed by atoms with E-state index in [-0.39, 0.29) is 11.9 Å². The Morgan fingerprint density at radius 1 is 1.42 bits per heavy atom. The van der Waals surface area contributed by atoms with Gasteiger partial charge in [-0.05, 0) is 39.0 Å². The van der Waals surface area contributed by atoms with Gasteiger partial charge in [0, 0.05) is 12.6 Å². The number of amides is 1. The molecule has 0 aliphatic carbocycles. The second kappa shape index (κ2) is 6.68. The second-order valence-corrected chi connectivity index (χ2v) is 5.32. The summed E-state index contributed by atoms with van der Waals surface area (Å²) in [6, 6.07) is 10.1. The third kappa shape index (κ3) is 3.78. The Morgan fingerprint density at radius 2 is 2.16 bits per heavy atom. The Hall–Kier alpha value is -1.39. The first-order valence-electron chi connectivity index (χ1n) is 6.91. The molecule has 2 atom stereocenters. The largest absolute Gasteiger partial charge is 0.353 e. The minimum atomic E-state index is -0.220. The zero-order valence-electron chi connectivity index (χ0n) is 11.7. The van der Waals surface area contributed by atoms with Crippen LogP contribution in [0.2, 0.25) is 0 Å². The molecular weight excluding hydrogens is 238 g/mol. The Balaban J connectivity index is 1.96. The third-order valence-corrected chi connectivity index (χ3v) is 3.57. The van der Waals surface area contributed by atoms with Crippen molar-refractivity contribution in [2.45, 2.75) is 24.9 Å². The molecule has 4 nitrogen and oxygen atoms in total. The van der Waals surface area contributed by atoms with Gasteiger partial charge in [0.05, 0.1) is 0 Å². The number of hydrogen-bond acceptors (Lipinski definition) is 3. The van der Waals surface area contributed by atoms with Crippen molar-refractivity contribution >= 4 is 5.91 Å². The fourth-order valence-corrected chi connectivity index (χ4v) is 2.57. The van der Waals surface area contributed by atoms with Crippen LogP contribution >= 0.6 is 0 Å². The van der Waals surface area contributed by atoms with Crippen molar-refractivity contribution in [3.63, 3.8) is 0 Å². The average Bonchev–Trinajstić information content (AvgIpc) is 2.90. The zero-order chi connectivity index (χ0) is 13.7. The molecule has 2 rings (SSSR count).